The first kappa shape index (κ1) is 24.6. The van der Waals surface area contributed by atoms with Crippen LogP contribution in [0.1, 0.15) is 23.3 Å². The topological polar surface area (TPSA) is 163 Å². The summed E-state index contributed by atoms with van der Waals surface area (Å²) in [7, 11) is -4.13. The number of amides is 1. The molecule has 0 radical (unpaired) electrons. The summed E-state index contributed by atoms with van der Waals surface area (Å²) in [6.07, 6.45) is 4.66. The number of fused-ring (bicyclic) bond motifs is 1. The van der Waals surface area contributed by atoms with Crippen LogP contribution in [-0.2, 0) is 14.8 Å². The van der Waals surface area contributed by atoms with E-state index >= 15 is 0 Å². The van der Waals surface area contributed by atoms with Crippen molar-refractivity contribution in [3.63, 3.8) is 0 Å². The van der Waals surface area contributed by atoms with E-state index in [1.54, 1.807) is 6.07 Å². The average molecular weight is 502 g/mol. The minimum atomic E-state index is -4.13. The van der Waals surface area contributed by atoms with E-state index in [1.165, 1.54) is 18.3 Å². The lowest BCUT2D eigenvalue weighted by atomic mass is 9.99. The van der Waals surface area contributed by atoms with Gasteiger partial charge >= 0.3 is 5.97 Å². The number of rotatable bonds is 10. The second-order valence-corrected chi connectivity index (χ2v) is 10.1. The number of H-pyrrole nitrogens is 1. The van der Waals surface area contributed by atoms with Gasteiger partial charge in [-0.15, -0.1) is 0 Å². The van der Waals surface area contributed by atoms with Crippen LogP contribution in [0.4, 0.5) is 0 Å². The first-order valence-electron chi connectivity index (χ1n) is 11.2. The number of benzene rings is 1. The Morgan fingerprint density at radius 2 is 2.00 bits per heavy atom. The van der Waals surface area contributed by atoms with Gasteiger partial charge in [0.15, 0.2) is 0 Å². The molecule has 11 nitrogen and oxygen atoms in total. The third-order valence-electron chi connectivity index (χ3n) is 5.79. The van der Waals surface area contributed by atoms with Crippen molar-refractivity contribution in [2.45, 2.75) is 23.8 Å². The molecule has 2 aromatic heterocycles. The van der Waals surface area contributed by atoms with Gasteiger partial charge < -0.3 is 25.5 Å². The molecule has 3 aromatic rings. The Kier molecular flexibility index (Phi) is 7.63. The summed E-state index contributed by atoms with van der Waals surface area (Å²) in [5.74, 6) is -0.773. The average Bonchev–Trinajstić information content (AvgIpc) is 3.30. The molecule has 3 heterocycles. The van der Waals surface area contributed by atoms with Gasteiger partial charge in [-0.05, 0) is 68.2 Å². The normalized spacial score (nSPS) is 15.5. The van der Waals surface area contributed by atoms with E-state index in [2.05, 4.69) is 25.3 Å². The lowest BCUT2D eigenvalue weighted by molar-refractivity contribution is -0.138. The standard InChI is InChI=1S/C23H27N5O6S/c29-22(26-13-21(23(30)31)28-35(32,33)18-2-1-7-25-12-18)20-11-16-10-17(3-4-19(16)27-20)34-14-15-5-8-24-9-6-15/h1-4,7,10-12,15,21,24,27-28H,5-6,8-9,13-14H2,(H,26,29)(H,30,31)/t21-/m0/s1. The van der Waals surface area contributed by atoms with Crippen LogP contribution in [0.2, 0.25) is 0 Å². The SMILES string of the molecule is O=C(NC[C@H](NS(=O)(=O)c1cccnc1)C(=O)O)c1cc2cc(OCC3CCNCC3)ccc2[nH]1. The molecule has 1 saturated heterocycles. The van der Waals surface area contributed by atoms with Crippen LogP contribution in [0, 0.1) is 5.92 Å². The van der Waals surface area contributed by atoms with Gasteiger partial charge in [-0.2, -0.15) is 4.72 Å². The molecule has 0 saturated carbocycles. The Hall–Kier alpha value is -3.48. The smallest absolute Gasteiger partial charge is 0.323 e. The lowest BCUT2D eigenvalue weighted by Crippen LogP contribution is -2.48. The van der Waals surface area contributed by atoms with E-state index in [0.29, 0.717) is 18.3 Å². The number of aromatic nitrogens is 2. The van der Waals surface area contributed by atoms with Crippen LogP contribution >= 0.6 is 0 Å². The second-order valence-electron chi connectivity index (χ2n) is 8.35. The summed E-state index contributed by atoms with van der Waals surface area (Å²) in [5, 5.41) is 16.0. The number of nitrogens with one attached hydrogen (secondary N) is 4. The van der Waals surface area contributed by atoms with Crippen LogP contribution in [-0.4, -0.2) is 67.7 Å². The molecular weight excluding hydrogens is 474 g/mol. The van der Waals surface area contributed by atoms with E-state index in [9.17, 15) is 23.1 Å². The predicted molar refractivity (Wildman–Crippen MR) is 128 cm³/mol. The number of carboxylic acid groups (broad SMARTS) is 1. The van der Waals surface area contributed by atoms with Gasteiger partial charge in [0.25, 0.3) is 5.91 Å². The number of carbonyl (C=O) groups excluding carboxylic acids is 1. The summed E-state index contributed by atoms with van der Waals surface area (Å²) in [6.45, 7) is 2.18. The molecule has 4 rings (SSSR count). The zero-order valence-corrected chi connectivity index (χ0v) is 19.7. The molecule has 1 aliphatic rings. The van der Waals surface area contributed by atoms with Crippen molar-refractivity contribution in [3.8, 4) is 5.75 Å². The van der Waals surface area contributed by atoms with Crippen molar-refractivity contribution >= 4 is 32.8 Å². The fourth-order valence-electron chi connectivity index (χ4n) is 3.82. The first-order chi connectivity index (χ1) is 16.8. The Bertz CT molecular complexity index is 1290. The van der Waals surface area contributed by atoms with Gasteiger partial charge in [-0.25, -0.2) is 8.42 Å². The van der Waals surface area contributed by atoms with Crippen LogP contribution in [0.25, 0.3) is 10.9 Å². The summed E-state index contributed by atoms with van der Waals surface area (Å²) in [6, 6.07) is 8.27. The van der Waals surface area contributed by atoms with Crippen LogP contribution in [0.3, 0.4) is 0 Å². The Morgan fingerprint density at radius 3 is 2.71 bits per heavy atom. The molecule has 35 heavy (non-hydrogen) atoms. The highest BCUT2D eigenvalue weighted by molar-refractivity contribution is 7.89. The van der Waals surface area contributed by atoms with E-state index in [1.807, 2.05) is 18.2 Å². The van der Waals surface area contributed by atoms with E-state index in [4.69, 9.17) is 4.74 Å². The molecule has 1 atom stereocenters. The Balaban J connectivity index is 1.37. The van der Waals surface area contributed by atoms with Crippen LogP contribution < -0.4 is 20.1 Å². The minimum absolute atomic E-state index is 0.175. The number of hydrogen-bond acceptors (Lipinski definition) is 7. The van der Waals surface area contributed by atoms with Gasteiger partial charge in [0.05, 0.1) is 6.61 Å². The van der Waals surface area contributed by atoms with Crippen molar-refractivity contribution in [2.75, 3.05) is 26.2 Å². The number of sulfonamides is 1. The molecule has 1 aromatic carbocycles. The molecule has 0 unspecified atom stereocenters. The number of nitrogens with zero attached hydrogens (tertiary/aromatic N) is 1. The largest absolute Gasteiger partial charge is 0.493 e. The minimum Gasteiger partial charge on any atom is -0.493 e. The highest BCUT2D eigenvalue weighted by Crippen LogP contribution is 2.23. The Labute approximate surface area is 202 Å². The van der Waals surface area contributed by atoms with E-state index < -0.39 is 34.5 Å². The van der Waals surface area contributed by atoms with Gasteiger partial charge in [0, 0.05) is 29.8 Å². The molecule has 5 N–H and O–H groups in total. The predicted octanol–water partition coefficient (Wildman–Crippen LogP) is 1.10. The number of pyridine rings is 1. The molecule has 12 heteroatoms. The number of carbonyl (C=O) groups is 2. The van der Waals surface area contributed by atoms with Gasteiger partial charge in [0.2, 0.25) is 10.0 Å². The summed E-state index contributed by atoms with van der Waals surface area (Å²) >= 11 is 0. The highest BCUT2D eigenvalue weighted by atomic mass is 32.2. The second kappa shape index (κ2) is 10.8. The molecule has 0 aliphatic carbocycles. The van der Waals surface area contributed by atoms with Crippen LogP contribution in [0.15, 0.2) is 53.7 Å². The van der Waals surface area contributed by atoms with Crippen molar-refractivity contribution in [3.05, 3.63) is 54.5 Å². The first-order valence-corrected chi connectivity index (χ1v) is 12.7. The number of piperidine rings is 1. The quantitative estimate of drug-likeness (QED) is 0.276. The van der Waals surface area contributed by atoms with Crippen LogP contribution in [0.5, 0.6) is 5.75 Å². The van der Waals surface area contributed by atoms with Crippen molar-refractivity contribution in [1.82, 2.24) is 25.3 Å². The summed E-state index contributed by atoms with van der Waals surface area (Å²) < 4.78 is 32.8. The Morgan fingerprint density at radius 1 is 1.20 bits per heavy atom. The number of ether oxygens (including phenoxy) is 1. The lowest BCUT2D eigenvalue weighted by Gasteiger charge is -2.22. The van der Waals surface area contributed by atoms with E-state index in [0.717, 1.165) is 43.0 Å². The highest BCUT2D eigenvalue weighted by Gasteiger charge is 2.26. The molecule has 1 amide bonds. The fourth-order valence-corrected chi connectivity index (χ4v) is 4.97. The number of hydrogen-bond donors (Lipinski definition) is 5. The van der Waals surface area contributed by atoms with Gasteiger partial charge in [0.1, 0.15) is 22.4 Å². The maximum atomic E-state index is 12.6. The zero-order valence-electron chi connectivity index (χ0n) is 18.9. The van der Waals surface area contributed by atoms with Gasteiger partial charge in [-0.1, -0.05) is 0 Å². The fraction of sp³-hybridized carbons (Fsp3) is 0.348. The summed E-state index contributed by atoms with van der Waals surface area (Å²) in [5.41, 5.74) is 0.936. The maximum absolute atomic E-state index is 12.6. The van der Waals surface area contributed by atoms with E-state index in [-0.39, 0.29) is 10.6 Å². The van der Waals surface area contributed by atoms with Crippen molar-refractivity contribution in [1.29, 1.82) is 0 Å². The maximum Gasteiger partial charge on any atom is 0.323 e. The third-order valence-corrected chi connectivity index (χ3v) is 7.25. The molecule has 186 valence electrons. The third kappa shape index (κ3) is 6.35. The molecule has 1 aliphatic heterocycles. The number of aromatic amines is 1. The van der Waals surface area contributed by atoms with Crippen molar-refractivity contribution < 1.29 is 27.9 Å². The molecule has 0 bridgehead atoms. The van der Waals surface area contributed by atoms with Crippen molar-refractivity contribution in [2.24, 2.45) is 5.92 Å². The summed E-state index contributed by atoms with van der Waals surface area (Å²) in [4.78, 5) is 30.8. The molecule has 1 fully saturated rings. The molecular formula is C23H27N5O6S. The molecule has 0 spiro atoms. The monoisotopic (exact) mass is 501 g/mol. The number of aliphatic carboxylic acids is 1. The number of carboxylic acids is 1. The van der Waals surface area contributed by atoms with Gasteiger partial charge in [-0.3, -0.25) is 14.6 Å². The zero-order chi connectivity index (χ0) is 24.8.